The quantitative estimate of drug-likeness (QED) is 0.599. The van der Waals surface area contributed by atoms with Crippen molar-refractivity contribution in [1.82, 2.24) is 0 Å². The molecule has 0 saturated heterocycles. The van der Waals surface area contributed by atoms with E-state index in [2.05, 4.69) is 13.0 Å². The van der Waals surface area contributed by atoms with Crippen molar-refractivity contribution in [2.24, 2.45) is 0 Å². The molecule has 0 radical (unpaired) electrons. The van der Waals surface area contributed by atoms with Crippen LogP contribution in [-0.2, 0) is 0 Å². The van der Waals surface area contributed by atoms with E-state index in [0.29, 0.717) is 5.92 Å². The van der Waals surface area contributed by atoms with Crippen LogP contribution in [0.2, 0.25) is 5.02 Å². The second-order valence-corrected chi connectivity index (χ2v) is 3.66. The number of halogens is 1. The van der Waals surface area contributed by atoms with Gasteiger partial charge >= 0.3 is 0 Å². The molecule has 0 fully saturated rings. The predicted octanol–water partition coefficient (Wildman–Crippen LogP) is 3.23. The lowest BCUT2D eigenvalue weighted by Gasteiger charge is -2.22. The fourth-order valence-electron chi connectivity index (χ4n) is 1.54. The van der Waals surface area contributed by atoms with Crippen molar-refractivity contribution in [3.05, 3.63) is 28.8 Å². The molecule has 1 nitrogen and oxygen atoms in total. The van der Waals surface area contributed by atoms with Gasteiger partial charge in [-0.2, -0.15) is 0 Å². The summed E-state index contributed by atoms with van der Waals surface area (Å²) in [6.45, 7) is 3.03. The van der Waals surface area contributed by atoms with Gasteiger partial charge in [-0.15, -0.1) is 0 Å². The highest BCUT2D eigenvalue weighted by atomic mass is 35.5. The molecule has 1 atom stereocenters. The molecule has 0 aliphatic carbocycles. The minimum absolute atomic E-state index is 0.603. The first-order chi connectivity index (χ1) is 5.77. The number of ether oxygens (including phenoxy) is 1. The van der Waals surface area contributed by atoms with Crippen LogP contribution in [-0.4, -0.2) is 6.61 Å². The number of fused-ring (bicyclic) bond motifs is 1. The van der Waals surface area contributed by atoms with Crippen molar-refractivity contribution in [3.8, 4) is 5.75 Å². The minimum atomic E-state index is 0.603. The molecule has 2 heteroatoms. The molecule has 12 heavy (non-hydrogen) atoms. The molecule has 0 spiro atoms. The smallest absolute Gasteiger partial charge is 0.124 e. The molecule has 0 amide bonds. The largest absolute Gasteiger partial charge is 0.493 e. The molecule has 0 saturated carbocycles. The normalized spacial score (nSPS) is 21.3. The van der Waals surface area contributed by atoms with Crippen molar-refractivity contribution >= 4 is 11.6 Å². The Balaban J connectivity index is 2.46. The third kappa shape index (κ3) is 1.29. The van der Waals surface area contributed by atoms with Gasteiger partial charge in [0, 0.05) is 5.02 Å². The Hall–Kier alpha value is -0.690. The molecule has 0 bridgehead atoms. The predicted molar refractivity (Wildman–Crippen MR) is 50.0 cm³/mol. The van der Waals surface area contributed by atoms with Crippen molar-refractivity contribution in [1.29, 1.82) is 0 Å². The first kappa shape index (κ1) is 7.93. The van der Waals surface area contributed by atoms with E-state index in [1.165, 1.54) is 5.56 Å². The fourth-order valence-corrected chi connectivity index (χ4v) is 1.70. The average molecular weight is 183 g/mol. The summed E-state index contributed by atoms with van der Waals surface area (Å²) in [5, 5.41) is 0.753. The van der Waals surface area contributed by atoms with E-state index in [4.69, 9.17) is 16.3 Å². The highest BCUT2D eigenvalue weighted by Crippen LogP contribution is 2.34. The van der Waals surface area contributed by atoms with Crippen molar-refractivity contribution in [2.75, 3.05) is 6.61 Å². The summed E-state index contributed by atoms with van der Waals surface area (Å²) in [4.78, 5) is 0. The lowest BCUT2D eigenvalue weighted by Crippen LogP contribution is -2.11. The number of hydrogen-bond acceptors (Lipinski definition) is 1. The maximum absolute atomic E-state index is 5.84. The molecule has 0 aromatic heterocycles. The fraction of sp³-hybridized carbons (Fsp3) is 0.400. The molecule has 1 aliphatic rings. The van der Waals surface area contributed by atoms with Crippen LogP contribution < -0.4 is 4.74 Å². The molecule has 1 aliphatic heterocycles. The van der Waals surface area contributed by atoms with Gasteiger partial charge in [0.1, 0.15) is 5.75 Å². The van der Waals surface area contributed by atoms with Crippen LogP contribution in [0.4, 0.5) is 0 Å². The molecule has 1 heterocycles. The Labute approximate surface area is 77.3 Å². The van der Waals surface area contributed by atoms with Crippen molar-refractivity contribution in [2.45, 2.75) is 19.3 Å². The molecule has 0 unspecified atom stereocenters. The van der Waals surface area contributed by atoms with E-state index in [0.717, 1.165) is 23.8 Å². The number of rotatable bonds is 0. The Morgan fingerprint density at radius 1 is 1.50 bits per heavy atom. The van der Waals surface area contributed by atoms with Gasteiger partial charge in [0.05, 0.1) is 6.61 Å². The number of hydrogen-bond donors (Lipinski definition) is 0. The first-order valence-electron chi connectivity index (χ1n) is 4.19. The zero-order chi connectivity index (χ0) is 8.55. The van der Waals surface area contributed by atoms with Crippen LogP contribution in [0.1, 0.15) is 24.8 Å². The van der Waals surface area contributed by atoms with Crippen molar-refractivity contribution < 1.29 is 4.74 Å². The second-order valence-electron chi connectivity index (χ2n) is 3.22. The Bertz CT molecular complexity index is 296. The van der Waals surface area contributed by atoms with E-state index >= 15 is 0 Å². The Morgan fingerprint density at radius 2 is 2.33 bits per heavy atom. The van der Waals surface area contributed by atoms with Gasteiger partial charge in [-0.25, -0.2) is 0 Å². The maximum atomic E-state index is 5.84. The van der Waals surface area contributed by atoms with Crippen LogP contribution in [0.25, 0.3) is 0 Å². The van der Waals surface area contributed by atoms with E-state index in [9.17, 15) is 0 Å². The van der Waals surface area contributed by atoms with E-state index in [1.54, 1.807) is 0 Å². The van der Waals surface area contributed by atoms with Gasteiger partial charge < -0.3 is 4.74 Å². The van der Waals surface area contributed by atoms with E-state index in [1.807, 2.05) is 12.1 Å². The van der Waals surface area contributed by atoms with Gasteiger partial charge in [-0.3, -0.25) is 0 Å². The van der Waals surface area contributed by atoms with Gasteiger partial charge in [-0.1, -0.05) is 24.6 Å². The third-order valence-corrected chi connectivity index (χ3v) is 2.55. The average Bonchev–Trinajstić information content (AvgIpc) is 2.04. The summed E-state index contributed by atoms with van der Waals surface area (Å²) in [5.41, 5.74) is 1.28. The van der Waals surface area contributed by atoms with Crippen LogP contribution in [0.15, 0.2) is 18.2 Å². The minimum Gasteiger partial charge on any atom is -0.493 e. The second kappa shape index (κ2) is 2.98. The van der Waals surface area contributed by atoms with Gasteiger partial charge in [-0.05, 0) is 30.0 Å². The molecule has 1 aromatic rings. The lowest BCUT2D eigenvalue weighted by atomic mass is 9.95. The van der Waals surface area contributed by atoms with Gasteiger partial charge in [0.25, 0.3) is 0 Å². The molecular formula is C10H11ClO. The zero-order valence-electron chi connectivity index (χ0n) is 7.01. The zero-order valence-corrected chi connectivity index (χ0v) is 7.77. The van der Waals surface area contributed by atoms with Crippen LogP contribution in [0.3, 0.4) is 0 Å². The Kier molecular flexibility index (Phi) is 1.97. The number of benzene rings is 1. The summed E-state index contributed by atoms with van der Waals surface area (Å²) >= 11 is 5.84. The summed E-state index contributed by atoms with van der Waals surface area (Å²) in [5.74, 6) is 1.56. The first-order valence-corrected chi connectivity index (χ1v) is 4.57. The molecular weight excluding hydrogens is 172 g/mol. The van der Waals surface area contributed by atoms with Gasteiger partial charge in [0.15, 0.2) is 0 Å². The van der Waals surface area contributed by atoms with Crippen molar-refractivity contribution in [3.63, 3.8) is 0 Å². The monoisotopic (exact) mass is 182 g/mol. The topological polar surface area (TPSA) is 9.23 Å². The summed E-state index contributed by atoms with van der Waals surface area (Å²) in [6, 6.07) is 5.87. The summed E-state index contributed by atoms with van der Waals surface area (Å²) in [7, 11) is 0. The van der Waals surface area contributed by atoms with E-state index < -0.39 is 0 Å². The highest BCUT2D eigenvalue weighted by Gasteiger charge is 2.16. The van der Waals surface area contributed by atoms with Crippen LogP contribution in [0.5, 0.6) is 5.75 Å². The maximum Gasteiger partial charge on any atom is 0.124 e. The molecule has 2 rings (SSSR count). The third-order valence-electron chi connectivity index (χ3n) is 2.31. The van der Waals surface area contributed by atoms with E-state index in [-0.39, 0.29) is 0 Å². The van der Waals surface area contributed by atoms with Gasteiger partial charge in [0.2, 0.25) is 0 Å². The van der Waals surface area contributed by atoms with Crippen LogP contribution in [0, 0.1) is 0 Å². The molecule has 0 N–H and O–H groups in total. The van der Waals surface area contributed by atoms with Crippen LogP contribution >= 0.6 is 11.6 Å². The molecule has 64 valence electrons. The standard InChI is InChI=1S/C10H11ClO/c1-7-4-5-12-10-6-8(11)2-3-9(7)10/h2-3,6-7H,4-5H2,1H3/t7-/m0/s1. The summed E-state index contributed by atoms with van der Waals surface area (Å²) in [6.07, 6.45) is 1.11. The summed E-state index contributed by atoms with van der Waals surface area (Å²) < 4.78 is 5.49. The highest BCUT2D eigenvalue weighted by molar-refractivity contribution is 6.30. The lowest BCUT2D eigenvalue weighted by molar-refractivity contribution is 0.272. The molecule has 1 aromatic carbocycles. The Morgan fingerprint density at radius 3 is 3.17 bits per heavy atom. The SMILES string of the molecule is C[C@H]1CCOc2cc(Cl)ccc21.